The number of urea groups is 1. The van der Waals surface area contributed by atoms with Crippen molar-refractivity contribution in [1.29, 1.82) is 0 Å². The first-order valence-corrected chi connectivity index (χ1v) is 7.94. The summed E-state index contributed by atoms with van der Waals surface area (Å²) in [5.41, 5.74) is 0.561. The van der Waals surface area contributed by atoms with E-state index in [4.69, 9.17) is 0 Å². The molecule has 3 N–H and O–H groups in total. The molecule has 23 heavy (non-hydrogen) atoms. The van der Waals surface area contributed by atoms with Gasteiger partial charge in [-0.3, -0.25) is 15.4 Å². The average molecular weight is 338 g/mol. The lowest BCUT2D eigenvalue weighted by Gasteiger charge is -2.17. The molecule has 8 nitrogen and oxygen atoms in total. The van der Waals surface area contributed by atoms with E-state index in [-0.39, 0.29) is 18.3 Å². The molecule has 124 valence electrons. The molecule has 0 bridgehead atoms. The largest absolute Gasteiger partial charge is 0.394 e. The quantitative estimate of drug-likeness (QED) is 0.553. The van der Waals surface area contributed by atoms with Gasteiger partial charge < -0.3 is 10.4 Å². The predicted octanol–water partition coefficient (Wildman–Crippen LogP) is 2.73. The fourth-order valence-electron chi connectivity index (χ4n) is 2.15. The van der Waals surface area contributed by atoms with Crippen molar-refractivity contribution in [3.05, 3.63) is 28.3 Å². The predicted molar refractivity (Wildman–Crippen MR) is 88.8 cm³/mol. The molecule has 0 aliphatic carbocycles. The number of nitrogens with one attached hydrogen (secondary N) is 2. The molecule has 1 atom stereocenters. The van der Waals surface area contributed by atoms with E-state index in [1.54, 1.807) is 6.07 Å². The van der Waals surface area contributed by atoms with E-state index in [0.717, 1.165) is 11.3 Å². The normalized spacial score (nSPS) is 12.3. The molecule has 1 unspecified atom stereocenters. The first-order valence-electron chi connectivity index (χ1n) is 7.12. The zero-order valence-corrected chi connectivity index (χ0v) is 13.6. The van der Waals surface area contributed by atoms with Gasteiger partial charge in [0, 0.05) is 12.1 Å². The molecule has 1 heterocycles. The van der Waals surface area contributed by atoms with Crippen LogP contribution >= 0.6 is 11.3 Å². The first-order chi connectivity index (χ1) is 10.9. The van der Waals surface area contributed by atoms with Crippen LogP contribution in [0.5, 0.6) is 0 Å². The summed E-state index contributed by atoms with van der Waals surface area (Å²) in [6, 6.07) is 3.55. The number of fused-ring (bicyclic) bond motifs is 1. The lowest BCUT2D eigenvalue weighted by molar-refractivity contribution is -0.384. The van der Waals surface area contributed by atoms with Gasteiger partial charge in [0.15, 0.2) is 5.13 Å². The monoisotopic (exact) mass is 338 g/mol. The van der Waals surface area contributed by atoms with E-state index in [1.807, 2.05) is 13.8 Å². The highest BCUT2D eigenvalue weighted by atomic mass is 32.1. The fraction of sp³-hybridized carbons (Fsp3) is 0.429. The van der Waals surface area contributed by atoms with Crippen molar-refractivity contribution in [2.24, 2.45) is 5.92 Å². The van der Waals surface area contributed by atoms with Crippen LogP contribution in [0.2, 0.25) is 0 Å². The van der Waals surface area contributed by atoms with Crippen molar-refractivity contribution < 1.29 is 14.8 Å². The van der Waals surface area contributed by atoms with Crippen molar-refractivity contribution in [2.75, 3.05) is 11.9 Å². The van der Waals surface area contributed by atoms with Crippen LogP contribution in [0.4, 0.5) is 15.6 Å². The van der Waals surface area contributed by atoms with Gasteiger partial charge in [-0.2, -0.15) is 0 Å². The number of anilines is 1. The lowest BCUT2D eigenvalue weighted by Crippen LogP contribution is -2.40. The molecule has 0 saturated heterocycles. The van der Waals surface area contributed by atoms with Crippen LogP contribution in [0, 0.1) is 16.0 Å². The summed E-state index contributed by atoms with van der Waals surface area (Å²) >= 11 is 1.16. The van der Waals surface area contributed by atoms with Gasteiger partial charge in [0.1, 0.15) is 0 Å². The van der Waals surface area contributed by atoms with E-state index in [2.05, 4.69) is 15.6 Å². The summed E-state index contributed by atoms with van der Waals surface area (Å²) in [6.45, 7) is 3.86. The summed E-state index contributed by atoms with van der Waals surface area (Å²) in [7, 11) is 0. The van der Waals surface area contributed by atoms with Crippen molar-refractivity contribution >= 4 is 38.4 Å². The van der Waals surface area contributed by atoms with E-state index in [0.29, 0.717) is 27.7 Å². The zero-order valence-electron chi connectivity index (χ0n) is 12.8. The van der Waals surface area contributed by atoms with Crippen LogP contribution in [-0.2, 0) is 0 Å². The lowest BCUT2D eigenvalue weighted by atomic mass is 10.0. The third kappa shape index (κ3) is 4.60. The number of benzene rings is 1. The molecule has 9 heteroatoms. The van der Waals surface area contributed by atoms with Crippen LogP contribution in [0.25, 0.3) is 10.2 Å². The molecule has 0 saturated carbocycles. The molecule has 2 aromatic rings. The molecule has 2 rings (SSSR count). The first kappa shape index (κ1) is 17.1. The molecule has 0 aliphatic rings. The SMILES string of the molecule is CC(C)CC(CO)NC(=O)Nc1nc2ccc([N+](=O)[O-])cc2s1. The van der Waals surface area contributed by atoms with Gasteiger partial charge in [0.05, 0.1) is 27.8 Å². The van der Waals surface area contributed by atoms with Crippen LogP contribution < -0.4 is 10.6 Å². The third-order valence-electron chi connectivity index (χ3n) is 3.11. The van der Waals surface area contributed by atoms with Crippen molar-refractivity contribution in [2.45, 2.75) is 26.3 Å². The maximum absolute atomic E-state index is 11.9. The maximum Gasteiger partial charge on any atom is 0.321 e. The highest BCUT2D eigenvalue weighted by Gasteiger charge is 2.15. The highest BCUT2D eigenvalue weighted by molar-refractivity contribution is 7.22. The summed E-state index contributed by atoms with van der Waals surface area (Å²) in [4.78, 5) is 26.4. The molecule has 0 radical (unpaired) electrons. The zero-order chi connectivity index (χ0) is 17.0. The number of rotatable bonds is 6. The Labute approximate surface area is 136 Å². The standard InChI is InChI=1S/C14H18N4O4S/c1-8(2)5-9(7-19)15-13(20)17-14-16-11-4-3-10(18(21)22)6-12(11)23-14/h3-4,6,8-9,19H,5,7H2,1-2H3,(H2,15,16,17,20). The van der Waals surface area contributed by atoms with Crippen LogP contribution in [0.3, 0.4) is 0 Å². The average Bonchev–Trinajstić information content (AvgIpc) is 2.86. The molecule has 0 spiro atoms. The number of amides is 2. The molecule has 0 fully saturated rings. The maximum atomic E-state index is 11.9. The minimum atomic E-state index is -0.475. The summed E-state index contributed by atoms with van der Waals surface area (Å²) in [6.07, 6.45) is 0.663. The minimum Gasteiger partial charge on any atom is -0.394 e. The Morgan fingerprint density at radius 3 is 2.83 bits per heavy atom. The van der Waals surface area contributed by atoms with Gasteiger partial charge in [0.25, 0.3) is 5.69 Å². The number of hydrogen-bond donors (Lipinski definition) is 3. The number of thiazole rings is 1. The second kappa shape index (κ2) is 7.34. The Hall–Kier alpha value is -2.26. The molecular weight excluding hydrogens is 320 g/mol. The van der Waals surface area contributed by atoms with Crippen molar-refractivity contribution in [3.8, 4) is 0 Å². The number of carbonyl (C=O) groups is 1. The molecular formula is C14H18N4O4S. The number of non-ortho nitro benzene ring substituents is 1. The second-order valence-electron chi connectivity index (χ2n) is 5.54. The second-order valence-corrected chi connectivity index (χ2v) is 6.57. The number of aromatic nitrogens is 1. The number of aliphatic hydroxyl groups is 1. The van der Waals surface area contributed by atoms with E-state index in [9.17, 15) is 20.0 Å². The summed E-state index contributed by atoms with van der Waals surface area (Å²) in [5, 5.41) is 25.6. The Bertz CT molecular complexity index is 716. The van der Waals surface area contributed by atoms with Gasteiger partial charge in [-0.25, -0.2) is 9.78 Å². The van der Waals surface area contributed by atoms with E-state index >= 15 is 0 Å². The van der Waals surface area contributed by atoms with Crippen LogP contribution in [0.15, 0.2) is 18.2 Å². The number of nitrogens with zero attached hydrogens (tertiary/aromatic N) is 2. The number of carbonyl (C=O) groups excluding carboxylic acids is 1. The Balaban J connectivity index is 2.06. The molecule has 0 aliphatic heterocycles. The van der Waals surface area contributed by atoms with Crippen LogP contribution in [-0.4, -0.2) is 33.7 Å². The van der Waals surface area contributed by atoms with Gasteiger partial charge in [0.2, 0.25) is 0 Å². The van der Waals surface area contributed by atoms with Gasteiger partial charge in [-0.15, -0.1) is 0 Å². The Kier molecular flexibility index (Phi) is 5.45. The molecule has 1 aromatic heterocycles. The molecule has 1 aromatic carbocycles. The van der Waals surface area contributed by atoms with E-state index in [1.165, 1.54) is 12.1 Å². The van der Waals surface area contributed by atoms with E-state index < -0.39 is 11.0 Å². The van der Waals surface area contributed by atoms with Gasteiger partial charge in [-0.05, 0) is 18.4 Å². The number of hydrogen-bond acceptors (Lipinski definition) is 6. The van der Waals surface area contributed by atoms with Crippen LogP contribution in [0.1, 0.15) is 20.3 Å². The van der Waals surface area contributed by atoms with Gasteiger partial charge >= 0.3 is 6.03 Å². The van der Waals surface area contributed by atoms with Gasteiger partial charge in [-0.1, -0.05) is 25.2 Å². The Morgan fingerprint density at radius 1 is 1.48 bits per heavy atom. The summed E-state index contributed by atoms with van der Waals surface area (Å²) in [5.74, 6) is 0.343. The number of nitro benzene ring substituents is 1. The smallest absolute Gasteiger partial charge is 0.321 e. The highest BCUT2D eigenvalue weighted by Crippen LogP contribution is 2.29. The Morgan fingerprint density at radius 2 is 2.22 bits per heavy atom. The number of nitro groups is 1. The third-order valence-corrected chi connectivity index (χ3v) is 4.05. The minimum absolute atomic E-state index is 0.0190. The molecule has 2 amide bonds. The fourth-order valence-corrected chi connectivity index (χ4v) is 3.04. The van der Waals surface area contributed by atoms with Crippen molar-refractivity contribution in [1.82, 2.24) is 10.3 Å². The van der Waals surface area contributed by atoms with Crippen molar-refractivity contribution in [3.63, 3.8) is 0 Å². The number of aliphatic hydroxyl groups excluding tert-OH is 1. The topological polar surface area (TPSA) is 117 Å². The summed E-state index contributed by atoms with van der Waals surface area (Å²) < 4.78 is 0.621.